The van der Waals surface area contributed by atoms with Gasteiger partial charge in [0.05, 0.1) is 0 Å². The van der Waals surface area contributed by atoms with Crippen LogP contribution in [-0.2, 0) is 13.0 Å². The van der Waals surface area contributed by atoms with Gasteiger partial charge in [0.15, 0.2) is 5.78 Å². The molecule has 1 amide bonds. The quantitative estimate of drug-likeness (QED) is 0.251. The molecule has 0 aliphatic carbocycles. The number of Topliss-reactive ketones (excluding diaryl/α,β-unsaturated/α-hetero) is 1. The monoisotopic (exact) mass is 476 g/mol. The van der Waals surface area contributed by atoms with Crippen molar-refractivity contribution in [2.24, 2.45) is 5.92 Å². The van der Waals surface area contributed by atoms with Crippen LogP contribution in [0.1, 0.15) is 98.1 Å². The number of amides is 1. The summed E-state index contributed by atoms with van der Waals surface area (Å²) in [6, 6.07) is 16.2. The second kappa shape index (κ2) is 13.6. The van der Waals surface area contributed by atoms with Crippen LogP contribution in [0.2, 0.25) is 0 Å². The lowest BCUT2D eigenvalue weighted by Gasteiger charge is -2.39. The predicted molar refractivity (Wildman–Crippen MR) is 145 cm³/mol. The molecule has 1 aliphatic rings. The lowest BCUT2D eigenvalue weighted by Crippen LogP contribution is -2.47. The number of hydrogen-bond acceptors (Lipinski definition) is 3. The van der Waals surface area contributed by atoms with E-state index in [2.05, 4.69) is 42.7 Å². The Bertz CT molecular complexity index is 943. The number of rotatable bonds is 12. The first kappa shape index (κ1) is 27.1. The van der Waals surface area contributed by atoms with Crippen molar-refractivity contribution >= 4 is 11.7 Å². The van der Waals surface area contributed by atoms with Crippen molar-refractivity contribution in [2.75, 3.05) is 19.6 Å². The Morgan fingerprint density at radius 2 is 1.69 bits per heavy atom. The molecule has 1 aliphatic heterocycles. The smallest absolute Gasteiger partial charge is 0.254 e. The zero-order valence-electron chi connectivity index (χ0n) is 22.3. The van der Waals surface area contributed by atoms with Gasteiger partial charge in [-0.1, -0.05) is 63.9 Å². The maximum atomic E-state index is 13.8. The molecule has 1 heterocycles. The number of carbonyl (C=O) groups excluding carboxylic acids is 2. The summed E-state index contributed by atoms with van der Waals surface area (Å²) in [6.07, 6.45) is 7.92. The molecule has 0 bridgehead atoms. The summed E-state index contributed by atoms with van der Waals surface area (Å²) in [6.45, 7) is 12.1. The van der Waals surface area contributed by atoms with E-state index in [-0.39, 0.29) is 17.7 Å². The van der Waals surface area contributed by atoms with Crippen molar-refractivity contribution in [2.45, 2.75) is 85.2 Å². The average molecular weight is 477 g/mol. The third-order valence-electron chi connectivity index (χ3n) is 7.24. The van der Waals surface area contributed by atoms with E-state index in [1.165, 1.54) is 31.2 Å². The second-order valence-corrected chi connectivity index (χ2v) is 10.6. The first-order valence-electron chi connectivity index (χ1n) is 13.6. The molecule has 4 heteroatoms. The zero-order chi connectivity index (χ0) is 25.2. The topological polar surface area (TPSA) is 40.6 Å². The minimum absolute atomic E-state index is 0.0573. The highest BCUT2D eigenvalue weighted by Gasteiger charge is 2.29. The first-order valence-corrected chi connectivity index (χ1v) is 13.6. The normalized spacial score (nSPS) is 14.9. The summed E-state index contributed by atoms with van der Waals surface area (Å²) in [5.74, 6) is 0.866. The SMILES string of the molecule is CCCCCc1ccc(C(=O)N(Cc2cccc(C(C)=O)c2)C2CCN(CCC(C)C)CC2)cc1. The molecule has 0 unspecified atom stereocenters. The highest BCUT2D eigenvalue weighted by atomic mass is 16.2. The summed E-state index contributed by atoms with van der Waals surface area (Å²) >= 11 is 0. The van der Waals surface area contributed by atoms with Crippen LogP contribution >= 0.6 is 0 Å². The molecule has 0 spiro atoms. The van der Waals surface area contributed by atoms with Gasteiger partial charge in [-0.25, -0.2) is 0 Å². The van der Waals surface area contributed by atoms with Gasteiger partial charge in [0, 0.05) is 36.8 Å². The molecule has 2 aromatic carbocycles. The van der Waals surface area contributed by atoms with Gasteiger partial charge in [-0.05, 0) is 80.8 Å². The van der Waals surface area contributed by atoms with Gasteiger partial charge in [-0.15, -0.1) is 0 Å². The van der Waals surface area contributed by atoms with Gasteiger partial charge in [-0.3, -0.25) is 9.59 Å². The van der Waals surface area contributed by atoms with E-state index in [1.807, 2.05) is 36.4 Å². The highest BCUT2D eigenvalue weighted by molar-refractivity contribution is 5.95. The van der Waals surface area contributed by atoms with Crippen molar-refractivity contribution in [3.63, 3.8) is 0 Å². The Morgan fingerprint density at radius 1 is 0.971 bits per heavy atom. The Balaban J connectivity index is 1.75. The average Bonchev–Trinajstić information content (AvgIpc) is 2.87. The number of ketones is 1. The van der Waals surface area contributed by atoms with Crippen LogP contribution in [0.5, 0.6) is 0 Å². The van der Waals surface area contributed by atoms with Gasteiger partial charge in [-0.2, -0.15) is 0 Å². The molecular weight excluding hydrogens is 432 g/mol. The van der Waals surface area contributed by atoms with Gasteiger partial charge in [0.25, 0.3) is 5.91 Å². The van der Waals surface area contributed by atoms with Gasteiger partial charge < -0.3 is 9.80 Å². The number of nitrogens with zero attached hydrogens (tertiary/aromatic N) is 2. The number of hydrogen-bond donors (Lipinski definition) is 0. The van der Waals surface area contributed by atoms with Crippen LogP contribution in [0.25, 0.3) is 0 Å². The predicted octanol–water partition coefficient (Wildman–Crippen LogP) is 6.77. The summed E-state index contributed by atoms with van der Waals surface area (Å²) < 4.78 is 0. The molecule has 1 saturated heterocycles. The fourth-order valence-electron chi connectivity index (χ4n) is 4.91. The van der Waals surface area contributed by atoms with E-state index in [9.17, 15) is 9.59 Å². The molecule has 0 radical (unpaired) electrons. The molecular formula is C31H44N2O2. The molecule has 3 rings (SSSR count). The van der Waals surface area contributed by atoms with Crippen LogP contribution in [0.3, 0.4) is 0 Å². The van der Waals surface area contributed by atoms with Crippen LogP contribution < -0.4 is 0 Å². The van der Waals surface area contributed by atoms with Crippen molar-refractivity contribution < 1.29 is 9.59 Å². The zero-order valence-corrected chi connectivity index (χ0v) is 22.3. The summed E-state index contributed by atoms with van der Waals surface area (Å²) in [5.41, 5.74) is 3.78. The Morgan fingerprint density at radius 3 is 2.31 bits per heavy atom. The lowest BCUT2D eigenvalue weighted by atomic mass is 9.98. The second-order valence-electron chi connectivity index (χ2n) is 10.6. The van der Waals surface area contributed by atoms with Crippen molar-refractivity contribution in [3.8, 4) is 0 Å². The molecule has 4 nitrogen and oxygen atoms in total. The van der Waals surface area contributed by atoms with E-state index in [1.54, 1.807) is 6.92 Å². The molecule has 0 aromatic heterocycles. The standard InChI is InChI=1S/C31H44N2O2/c1-5-6-7-9-26-12-14-28(15-13-26)31(35)33(23-27-10-8-11-29(22-27)25(4)34)30-17-20-32(21-18-30)19-16-24(2)3/h8,10-15,22,24,30H,5-7,9,16-21,23H2,1-4H3. The van der Waals surface area contributed by atoms with Crippen LogP contribution in [0.15, 0.2) is 48.5 Å². The number of piperidine rings is 1. The van der Waals surface area contributed by atoms with Crippen molar-refractivity contribution in [3.05, 3.63) is 70.8 Å². The fraction of sp³-hybridized carbons (Fsp3) is 0.548. The Labute approximate surface area is 212 Å². The molecule has 1 fully saturated rings. The largest absolute Gasteiger partial charge is 0.331 e. The number of unbranched alkanes of at least 4 members (excludes halogenated alkanes) is 2. The van der Waals surface area contributed by atoms with Crippen LogP contribution in [0.4, 0.5) is 0 Å². The third-order valence-corrected chi connectivity index (χ3v) is 7.24. The van der Waals surface area contributed by atoms with Gasteiger partial charge >= 0.3 is 0 Å². The number of benzene rings is 2. The molecule has 0 N–H and O–H groups in total. The molecule has 190 valence electrons. The summed E-state index contributed by atoms with van der Waals surface area (Å²) in [5, 5.41) is 0. The number of carbonyl (C=O) groups is 2. The Kier molecular flexibility index (Phi) is 10.5. The number of aryl methyl sites for hydroxylation is 1. The van der Waals surface area contributed by atoms with Crippen molar-refractivity contribution in [1.82, 2.24) is 9.80 Å². The van der Waals surface area contributed by atoms with Gasteiger partial charge in [0.2, 0.25) is 0 Å². The maximum Gasteiger partial charge on any atom is 0.254 e. The number of likely N-dealkylation sites (tertiary alicyclic amines) is 1. The van der Waals surface area contributed by atoms with E-state index < -0.39 is 0 Å². The summed E-state index contributed by atoms with van der Waals surface area (Å²) in [7, 11) is 0. The van der Waals surface area contributed by atoms with Crippen LogP contribution in [0, 0.1) is 5.92 Å². The molecule has 0 saturated carbocycles. The Hall–Kier alpha value is -2.46. The molecule has 35 heavy (non-hydrogen) atoms. The maximum absolute atomic E-state index is 13.8. The van der Waals surface area contributed by atoms with Crippen LogP contribution in [-0.4, -0.2) is 47.2 Å². The van der Waals surface area contributed by atoms with Crippen molar-refractivity contribution in [1.29, 1.82) is 0 Å². The highest BCUT2D eigenvalue weighted by Crippen LogP contribution is 2.23. The van der Waals surface area contributed by atoms with E-state index in [0.717, 1.165) is 50.0 Å². The third kappa shape index (κ3) is 8.31. The first-order chi connectivity index (χ1) is 16.9. The minimum Gasteiger partial charge on any atom is -0.331 e. The molecule has 0 atom stereocenters. The molecule has 2 aromatic rings. The minimum atomic E-state index is 0.0573. The summed E-state index contributed by atoms with van der Waals surface area (Å²) in [4.78, 5) is 30.3. The van der Waals surface area contributed by atoms with E-state index in [4.69, 9.17) is 0 Å². The van der Waals surface area contributed by atoms with Gasteiger partial charge in [0.1, 0.15) is 0 Å². The fourth-order valence-corrected chi connectivity index (χ4v) is 4.91. The van der Waals surface area contributed by atoms with E-state index in [0.29, 0.717) is 18.0 Å². The van der Waals surface area contributed by atoms with E-state index >= 15 is 0 Å². The lowest BCUT2D eigenvalue weighted by molar-refractivity contribution is 0.0546.